The lowest BCUT2D eigenvalue weighted by Crippen LogP contribution is -2.45. The van der Waals surface area contributed by atoms with Crippen molar-refractivity contribution in [3.8, 4) is 0 Å². The third kappa shape index (κ3) is 5.27. The predicted octanol–water partition coefficient (Wildman–Crippen LogP) is 2.34. The number of hydrogen-bond donors (Lipinski definition) is 2. The maximum Gasteiger partial charge on any atom is 0.236 e. The molecule has 2 atom stereocenters. The Bertz CT molecular complexity index is 444. The highest BCUT2D eigenvalue weighted by molar-refractivity contribution is 5.85. The van der Waals surface area contributed by atoms with Gasteiger partial charge in [-0.1, -0.05) is 37.3 Å². The molecule has 1 aromatic rings. The Balaban J connectivity index is 0.00000242. The summed E-state index contributed by atoms with van der Waals surface area (Å²) in [5.74, 6) is 0.720. The van der Waals surface area contributed by atoms with E-state index >= 15 is 0 Å². The van der Waals surface area contributed by atoms with Crippen molar-refractivity contribution in [3.63, 3.8) is 0 Å². The third-order valence-corrected chi connectivity index (χ3v) is 4.33. The fourth-order valence-electron chi connectivity index (χ4n) is 2.83. The van der Waals surface area contributed by atoms with Gasteiger partial charge in [0.25, 0.3) is 0 Å². The van der Waals surface area contributed by atoms with E-state index in [0.717, 1.165) is 19.0 Å². The van der Waals surface area contributed by atoms with Crippen LogP contribution in [0.2, 0.25) is 0 Å². The molecule has 0 bridgehead atoms. The second kappa shape index (κ2) is 9.13. The highest BCUT2D eigenvalue weighted by Gasteiger charge is 2.25. The van der Waals surface area contributed by atoms with Crippen LogP contribution in [-0.2, 0) is 4.79 Å². The van der Waals surface area contributed by atoms with E-state index in [1.54, 1.807) is 6.92 Å². The molecule has 0 radical (unpaired) electrons. The van der Waals surface area contributed by atoms with Gasteiger partial charge in [-0.2, -0.15) is 0 Å². The van der Waals surface area contributed by atoms with Crippen molar-refractivity contribution in [2.75, 3.05) is 19.6 Å². The van der Waals surface area contributed by atoms with Crippen LogP contribution < -0.4 is 11.1 Å². The number of carbonyl (C=O) groups excluding carboxylic acids is 1. The van der Waals surface area contributed by atoms with E-state index in [-0.39, 0.29) is 24.4 Å². The van der Waals surface area contributed by atoms with Crippen LogP contribution in [0.4, 0.5) is 0 Å². The van der Waals surface area contributed by atoms with Gasteiger partial charge in [-0.3, -0.25) is 9.69 Å². The molecule has 124 valence electrons. The Labute approximate surface area is 139 Å². The maximum absolute atomic E-state index is 11.8. The summed E-state index contributed by atoms with van der Waals surface area (Å²) in [4.78, 5) is 14.2. The third-order valence-electron chi connectivity index (χ3n) is 4.33. The summed E-state index contributed by atoms with van der Waals surface area (Å²) < 4.78 is 0. The first-order valence-corrected chi connectivity index (χ1v) is 7.90. The lowest BCUT2D eigenvalue weighted by molar-refractivity contribution is -0.122. The van der Waals surface area contributed by atoms with Gasteiger partial charge < -0.3 is 11.1 Å². The summed E-state index contributed by atoms with van der Waals surface area (Å²) in [6, 6.07) is 10.2. The highest BCUT2D eigenvalue weighted by atomic mass is 35.5. The molecule has 1 saturated heterocycles. The number of piperidine rings is 1. The highest BCUT2D eigenvalue weighted by Crippen LogP contribution is 2.26. The number of nitrogens with one attached hydrogen (secondary N) is 1. The van der Waals surface area contributed by atoms with Crippen LogP contribution in [0.3, 0.4) is 0 Å². The average molecular weight is 326 g/mol. The Morgan fingerprint density at radius 3 is 2.45 bits per heavy atom. The van der Waals surface area contributed by atoms with Crippen molar-refractivity contribution in [1.29, 1.82) is 0 Å². The molecular formula is C17H28ClN3O. The van der Waals surface area contributed by atoms with Gasteiger partial charge >= 0.3 is 0 Å². The van der Waals surface area contributed by atoms with Crippen molar-refractivity contribution >= 4 is 18.3 Å². The molecule has 2 unspecified atom stereocenters. The zero-order valence-corrected chi connectivity index (χ0v) is 14.3. The minimum atomic E-state index is -0.456. The van der Waals surface area contributed by atoms with Crippen molar-refractivity contribution in [1.82, 2.24) is 10.2 Å². The number of nitrogens with two attached hydrogens (primary N) is 1. The number of rotatable bonds is 5. The minimum Gasteiger partial charge on any atom is -0.353 e. The van der Waals surface area contributed by atoms with Crippen molar-refractivity contribution < 1.29 is 4.79 Å². The van der Waals surface area contributed by atoms with Crippen LogP contribution in [0.1, 0.15) is 38.3 Å². The molecule has 1 aromatic carbocycles. The minimum absolute atomic E-state index is 0. The van der Waals surface area contributed by atoms with Gasteiger partial charge in [-0.05, 0) is 44.3 Å². The second-order valence-corrected chi connectivity index (χ2v) is 6.18. The zero-order valence-electron chi connectivity index (χ0n) is 13.5. The number of carbonyl (C=O) groups is 1. The Morgan fingerprint density at radius 1 is 1.32 bits per heavy atom. The van der Waals surface area contributed by atoms with Gasteiger partial charge in [0.15, 0.2) is 0 Å². The van der Waals surface area contributed by atoms with Crippen molar-refractivity contribution in [3.05, 3.63) is 35.9 Å². The molecule has 0 saturated carbocycles. The summed E-state index contributed by atoms with van der Waals surface area (Å²) in [6.07, 6.45) is 2.45. The van der Waals surface area contributed by atoms with E-state index in [0.29, 0.717) is 6.54 Å². The van der Waals surface area contributed by atoms with Crippen LogP contribution in [0.15, 0.2) is 30.3 Å². The van der Waals surface area contributed by atoms with Crippen LogP contribution in [-0.4, -0.2) is 36.5 Å². The van der Waals surface area contributed by atoms with Gasteiger partial charge in [0.1, 0.15) is 0 Å². The summed E-state index contributed by atoms with van der Waals surface area (Å²) >= 11 is 0. The molecule has 0 aromatic heterocycles. The van der Waals surface area contributed by atoms with E-state index in [2.05, 4.69) is 41.4 Å². The van der Waals surface area contributed by atoms with Crippen LogP contribution in [0, 0.1) is 5.92 Å². The molecule has 4 nitrogen and oxygen atoms in total. The average Bonchev–Trinajstić information content (AvgIpc) is 2.50. The first-order chi connectivity index (χ1) is 10.1. The monoisotopic (exact) mass is 325 g/mol. The number of nitrogens with zero attached hydrogens (tertiary/aromatic N) is 1. The lowest BCUT2D eigenvalue weighted by Gasteiger charge is -2.37. The number of hydrogen-bond acceptors (Lipinski definition) is 3. The predicted molar refractivity (Wildman–Crippen MR) is 93.1 cm³/mol. The summed E-state index contributed by atoms with van der Waals surface area (Å²) in [6.45, 7) is 6.84. The topological polar surface area (TPSA) is 58.4 Å². The first-order valence-electron chi connectivity index (χ1n) is 7.90. The smallest absolute Gasteiger partial charge is 0.236 e. The SMILES string of the molecule is CC1CCN(C(CNC(=O)C(C)N)c2ccccc2)CC1.Cl. The summed E-state index contributed by atoms with van der Waals surface area (Å²) in [5.41, 5.74) is 6.89. The first kappa shape index (κ1) is 18.9. The molecular weight excluding hydrogens is 298 g/mol. The molecule has 1 heterocycles. The molecule has 0 spiro atoms. The number of halogens is 1. The maximum atomic E-state index is 11.8. The largest absolute Gasteiger partial charge is 0.353 e. The summed E-state index contributed by atoms with van der Waals surface area (Å²) in [5, 5.41) is 2.98. The lowest BCUT2D eigenvalue weighted by atomic mass is 9.95. The van der Waals surface area contributed by atoms with Crippen molar-refractivity contribution in [2.45, 2.75) is 38.8 Å². The number of likely N-dealkylation sites (tertiary alicyclic amines) is 1. The Kier molecular flexibility index (Phi) is 7.87. The van der Waals surface area contributed by atoms with Gasteiger partial charge in [-0.15, -0.1) is 12.4 Å². The molecule has 1 aliphatic heterocycles. The molecule has 1 aliphatic rings. The van der Waals surface area contributed by atoms with E-state index in [1.807, 2.05) is 6.07 Å². The number of benzene rings is 1. The molecule has 5 heteroatoms. The van der Waals surface area contributed by atoms with Gasteiger partial charge in [0.2, 0.25) is 5.91 Å². The fraction of sp³-hybridized carbons (Fsp3) is 0.588. The molecule has 22 heavy (non-hydrogen) atoms. The standard InChI is InChI=1S/C17H27N3O.ClH/c1-13-8-10-20(11-9-13)16(12-19-17(21)14(2)18)15-6-4-3-5-7-15;/h3-7,13-14,16H,8-12,18H2,1-2H3,(H,19,21);1H. The van der Waals surface area contributed by atoms with Crippen LogP contribution in [0.25, 0.3) is 0 Å². The van der Waals surface area contributed by atoms with Crippen LogP contribution in [0.5, 0.6) is 0 Å². The van der Waals surface area contributed by atoms with E-state index in [9.17, 15) is 4.79 Å². The van der Waals surface area contributed by atoms with Crippen molar-refractivity contribution in [2.24, 2.45) is 11.7 Å². The zero-order chi connectivity index (χ0) is 15.2. The normalized spacial score (nSPS) is 19.0. The molecule has 1 fully saturated rings. The van der Waals surface area contributed by atoms with Gasteiger partial charge in [0.05, 0.1) is 12.1 Å². The van der Waals surface area contributed by atoms with Crippen LogP contribution >= 0.6 is 12.4 Å². The van der Waals surface area contributed by atoms with E-state index in [1.165, 1.54) is 18.4 Å². The molecule has 1 amide bonds. The van der Waals surface area contributed by atoms with E-state index < -0.39 is 6.04 Å². The Morgan fingerprint density at radius 2 is 1.91 bits per heavy atom. The molecule has 3 N–H and O–H groups in total. The summed E-state index contributed by atoms with van der Waals surface area (Å²) in [7, 11) is 0. The van der Waals surface area contributed by atoms with Gasteiger partial charge in [-0.25, -0.2) is 0 Å². The van der Waals surface area contributed by atoms with Gasteiger partial charge in [0, 0.05) is 6.54 Å². The molecule has 0 aliphatic carbocycles. The Hall–Kier alpha value is -1.10. The number of amides is 1. The molecule has 2 rings (SSSR count). The van der Waals surface area contributed by atoms with E-state index in [4.69, 9.17) is 5.73 Å². The quantitative estimate of drug-likeness (QED) is 0.873. The fourth-order valence-corrected chi connectivity index (χ4v) is 2.83. The second-order valence-electron chi connectivity index (χ2n) is 6.18.